The molecule has 4 nitrogen and oxygen atoms in total. The number of rotatable bonds is 7. The molecule has 0 aliphatic heterocycles. The normalized spacial score (nSPS) is 12.6. The molecule has 1 unspecified atom stereocenters. The maximum absolute atomic E-state index is 11.5. The van der Waals surface area contributed by atoms with Gasteiger partial charge in [0.05, 0.1) is 0 Å². The van der Waals surface area contributed by atoms with E-state index in [0.717, 1.165) is 32.7 Å². The minimum Gasteiger partial charge on any atom is -0.480 e. The molecule has 1 atom stereocenters. The maximum atomic E-state index is 11.5. The standard InChI is InChI=1S/C22H25ClN2O2/c1-14(2)21(22(26)27)24-12-18-15(3)25(20-11-7-5-9-17(18)20)13-16-8-4-6-10-19(16)23/h4-11,14,21,24H,12-13H2,1-3H3,(H,26,27). The Bertz CT molecular complexity index is 962. The summed E-state index contributed by atoms with van der Waals surface area (Å²) >= 11 is 6.37. The molecule has 0 amide bonds. The molecule has 0 spiro atoms. The van der Waals surface area contributed by atoms with Crippen LogP contribution in [0.2, 0.25) is 5.02 Å². The molecule has 0 saturated carbocycles. The Kier molecular flexibility index (Phi) is 5.88. The predicted octanol–water partition coefficient (Wildman–Crippen LogP) is 4.85. The van der Waals surface area contributed by atoms with Gasteiger partial charge in [-0.15, -0.1) is 0 Å². The van der Waals surface area contributed by atoms with E-state index in [1.54, 1.807) is 0 Å². The number of halogens is 1. The topological polar surface area (TPSA) is 54.3 Å². The van der Waals surface area contributed by atoms with Crippen LogP contribution in [0, 0.1) is 12.8 Å². The minimum absolute atomic E-state index is 0.0132. The predicted molar refractivity (Wildman–Crippen MR) is 110 cm³/mol. The first-order chi connectivity index (χ1) is 12.9. The van der Waals surface area contributed by atoms with Crippen molar-refractivity contribution in [2.75, 3.05) is 0 Å². The van der Waals surface area contributed by atoms with E-state index >= 15 is 0 Å². The molecule has 142 valence electrons. The van der Waals surface area contributed by atoms with Crippen LogP contribution in [0.4, 0.5) is 0 Å². The van der Waals surface area contributed by atoms with Crippen molar-refractivity contribution in [1.29, 1.82) is 0 Å². The third-order valence-electron chi connectivity index (χ3n) is 5.08. The smallest absolute Gasteiger partial charge is 0.320 e. The fourth-order valence-corrected chi connectivity index (χ4v) is 3.74. The molecular weight excluding hydrogens is 360 g/mol. The molecule has 3 rings (SSSR count). The SMILES string of the molecule is Cc1c(CNC(C(=O)O)C(C)C)c2ccccc2n1Cc1ccccc1Cl. The second-order valence-corrected chi connectivity index (χ2v) is 7.61. The molecule has 1 aromatic heterocycles. The van der Waals surface area contributed by atoms with Gasteiger partial charge in [-0.3, -0.25) is 10.1 Å². The Morgan fingerprint density at radius 2 is 1.81 bits per heavy atom. The van der Waals surface area contributed by atoms with Gasteiger partial charge in [0, 0.05) is 34.7 Å². The molecule has 2 aromatic carbocycles. The van der Waals surface area contributed by atoms with Gasteiger partial charge in [-0.05, 0) is 36.1 Å². The van der Waals surface area contributed by atoms with Crippen molar-refractivity contribution in [3.8, 4) is 0 Å². The molecule has 0 saturated heterocycles. The van der Waals surface area contributed by atoms with Crippen LogP contribution in [0.5, 0.6) is 0 Å². The third kappa shape index (κ3) is 4.02. The fourth-order valence-electron chi connectivity index (χ4n) is 3.55. The van der Waals surface area contributed by atoms with Crippen molar-refractivity contribution >= 4 is 28.5 Å². The number of hydrogen-bond donors (Lipinski definition) is 2. The number of aliphatic carboxylic acids is 1. The number of nitrogens with zero attached hydrogens (tertiary/aromatic N) is 1. The summed E-state index contributed by atoms with van der Waals surface area (Å²) in [6.45, 7) is 7.10. The van der Waals surface area contributed by atoms with Gasteiger partial charge in [-0.1, -0.05) is 61.8 Å². The monoisotopic (exact) mass is 384 g/mol. The number of carbonyl (C=O) groups is 1. The van der Waals surface area contributed by atoms with Crippen molar-refractivity contribution in [1.82, 2.24) is 9.88 Å². The van der Waals surface area contributed by atoms with Crippen LogP contribution >= 0.6 is 11.6 Å². The highest BCUT2D eigenvalue weighted by Gasteiger charge is 2.22. The van der Waals surface area contributed by atoms with Crippen LogP contribution in [0.1, 0.15) is 30.7 Å². The minimum atomic E-state index is -0.817. The summed E-state index contributed by atoms with van der Waals surface area (Å²) < 4.78 is 2.25. The van der Waals surface area contributed by atoms with E-state index in [9.17, 15) is 9.90 Å². The Labute approximate surface area is 164 Å². The van der Waals surface area contributed by atoms with E-state index in [1.807, 2.05) is 50.2 Å². The third-order valence-corrected chi connectivity index (χ3v) is 5.45. The number of benzene rings is 2. The summed E-state index contributed by atoms with van der Waals surface area (Å²) in [5.41, 5.74) is 4.44. The molecule has 0 fully saturated rings. The quantitative estimate of drug-likeness (QED) is 0.612. The lowest BCUT2D eigenvalue weighted by Gasteiger charge is -2.18. The lowest BCUT2D eigenvalue weighted by atomic mass is 10.0. The zero-order valence-corrected chi connectivity index (χ0v) is 16.6. The number of hydrogen-bond acceptors (Lipinski definition) is 2. The number of nitrogens with one attached hydrogen (secondary N) is 1. The van der Waals surface area contributed by atoms with Gasteiger partial charge in [0.1, 0.15) is 6.04 Å². The highest BCUT2D eigenvalue weighted by atomic mass is 35.5. The first-order valence-electron chi connectivity index (χ1n) is 9.16. The molecule has 0 radical (unpaired) electrons. The zero-order chi connectivity index (χ0) is 19.6. The Morgan fingerprint density at radius 1 is 1.15 bits per heavy atom. The molecule has 3 aromatic rings. The molecule has 2 N–H and O–H groups in total. The largest absolute Gasteiger partial charge is 0.480 e. The molecule has 0 aliphatic carbocycles. The fraction of sp³-hybridized carbons (Fsp3) is 0.318. The number of carboxylic acid groups (broad SMARTS) is 1. The van der Waals surface area contributed by atoms with Crippen LogP contribution in [0.15, 0.2) is 48.5 Å². The lowest BCUT2D eigenvalue weighted by Crippen LogP contribution is -2.40. The molecule has 0 bridgehead atoms. The Hall–Kier alpha value is -2.30. The summed E-state index contributed by atoms with van der Waals surface area (Å²) in [5.74, 6) is -0.804. The van der Waals surface area contributed by atoms with Crippen LogP contribution in [-0.4, -0.2) is 21.7 Å². The van der Waals surface area contributed by atoms with Crippen molar-refractivity contribution < 1.29 is 9.90 Å². The van der Waals surface area contributed by atoms with E-state index in [4.69, 9.17) is 11.6 Å². The Morgan fingerprint density at radius 3 is 2.48 bits per heavy atom. The highest BCUT2D eigenvalue weighted by Crippen LogP contribution is 2.28. The number of fused-ring (bicyclic) bond motifs is 1. The molecule has 1 heterocycles. The molecule has 5 heteroatoms. The van der Waals surface area contributed by atoms with Gasteiger partial charge in [-0.2, -0.15) is 0 Å². The van der Waals surface area contributed by atoms with E-state index < -0.39 is 12.0 Å². The van der Waals surface area contributed by atoms with E-state index in [2.05, 4.69) is 28.9 Å². The van der Waals surface area contributed by atoms with Gasteiger partial charge in [0.15, 0.2) is 0 Å². The van der Waals surface area contributed by atoms with E-state index in [0.29, 0.717) is 13.1 Å². The van der Waals surface area contributed by atoms with Crippen LogP contribution in [0.25, 0.3) is 10.9 Å². The van der Waals surface area contributed by atoms with Gasteiger partial charge >= 0.3 is 5.97 Å². The van der Waals surface area contributed by atoms with Crippen LogP contribution in [0.3, 0.4) is 0 Å². The summed E-state index contributed by atoms with van der Waals surface area (Å²) in [7, 11) is 0. The molecular formula is C22H25ClN2O2. The number of aromatic nitrogens is 1. The van der Waals surface area contributed by atoms with Gasteiger partial charge in [-0.25, -0.2) is 0 Å². The summed E-state index contributed by atoms with van der Waals surface area (Å²) in [5, 5.41) is 14.6. The van der Waals surface area contributed by atoms with E-state index in [-0.39, 0.29) is 5.92 Å². The first-order valence-corrected chi connectivity index (χ1v) is 9.54. The number of carboxylic acids is 1. The zero-order valence-electron chi connectivity index (χ0n) is 15.9. The van der Waals surface area contributed by atoms with Gasteiger partial charge < -0.3 is 9.67 Å². The summed E-state index contributed by atoms with van der Waals surface area (Å²) in [6.07, 6.45) is 0. The van der Waals surface area contributed by atoms with Gasteiger partial charge in [0.25, 0.3) is 0 Å². The lowest BCUT2D eigenvalue weighted by molar-refractivity contribution is -0.140. The summed E-state index contributed by atoms with van der Waals surface area (Å²) in [4.78, 5) is 11.5. The van der Waals surface area contributed by atoms with Crippen molar-refractivity contribution in [2.45, 2.75) is 39.9 Å². The Balaban J connectivity index is 1.98. The molecule has 0 aliphatic rings. The van der Waals surface area contributed by atoms with E-state index in [1.165, 1.54) is 0 Å². The second-order valence-electron chi connectivity index (χ2n) is 7.20. The van der Waals surface area contributed by atoms with Gasteiger partial charge in [0.2, 0.25) is 0 Å². The van der Waals surface area contributed by atoms with Crippen molar-refractivity contribution in [3.05, 3.63) is 70.4 Å². The van der Waals surface area contributed by atoms with Crippen LogP contribution < -0.4 is 5.32 Å². The van der Waals surface area contributed by atoms with Crippen molar-refractivity contribution in [2.24, 2.45) is 5.92 Å². The second kappa shape index (κ2) is 8.15. The highest BCUT2D eigenvalue weighted by molar-refractivity contribution is 6.31. The summed E-state index contributed by atoms with van der Waals surface area (Å²) in [6, 6.07) is 15.5. The number of para-hydroxylation sites is 1. The average molecular weight is 385 g/mol. The van der Waals surface area contributed by atoms with Crippen LogP contribution in [-0.2, 0) is 17.9 Å². The first kappa shape index (κ1) is 19.5. The maximum Gasteiger partial charge on any atom is 0.320 e. The average Bonchev–Trinajstić information content (AvgIpc) is 2.89. The molecule has 27 heavy (non-hydrogen) atoms. The van der Waals surface area contributed by atoms with Crippen molar-refractivity contribution in [3.63, 3.8) is 0 Å².